The van der Waals surface area contributed by atoms with Crippen LogP contribution in [0.25, 0.3) is 0 Å². The first-order valence-electron chi connectivity index (χ1n) is 7.77. The van der Waals surface area contributed by atoms with Gasteiger partial charge in [0.1, 0.15) is 0 Å². The molecule has 0 bridgehead atoms. The summed E-state index contributed by atoms with van der Waals surface area (Å²) in [6.45, 7) is 10.3. The molecular weight excluding hydrogens is 264 g/mol. The summed E-state index contributed by atoms with van der Waals surface area (Å²) in [6.07, 6.45) is 6.07. The Balaban J connectivity index is 1.67. The van der Waals surface area contributed by atoms with Gasteiger partial charge < -0.3 is 5.32 Å². The van der Waals surface area contributed by atoms with E-state index in [-0.39, 0.29) is 0 Å². The zero-order valence-corrected chi connectivity index (χ0v) is 13.9. The van der Waals surface area contributed by atoms with Crippen LogP contribution in [0.3, 0.4) is 0 Å². The molecule has 1 aromatic rings. The van der Waals surface area contributed by atoms with Gasteiger partial charge in [0.25, 0.3) is 0 Å². The predicted molar refractivity (Wildman–Crippen MR) is 89.5 cm³/mol. The second-order valence-corrected chi connectivity index (χ2v) is 7.24. The molecule has 1 unspecified atom stereocenters. The highest BCUT2D eigenvalue weighted by molar-refractivity contribution is 7.09. The zero-order chi connectivity index (χ0) is 14.4. The van der Waals surface area contributed by atoms with Gasteiger partial charge in [-0.2, -0.15) is 0 Å². The molecule has 1 fully saturated rings. The van der Waals surface area contributed by atoms with E-state index in [1.807, 2.05) is 11.3 Å². The van der Waals surface area contributed by atoms with Crippen LogP contribution in [0, 0.1) is 0 Å². The third-order valence-electron chi connectivity index (χ3n) is 3.95. The van der Waals surface area contributed by atoms with E-state index >= 15 is 0 Å². The van der Waals surface area contributed by atoms with Gasteiger partial charge in [0, 0.05) is 23.5 Å². The second-order valence-electron chi connectivity index (χ2n) is 6.21. The van der Waals surface area contributed by atoms with Crippen LogP contribution < -0.4 is 5.32 Å². The average molecular weight is 292 g/mol. The van der Waals surface area contributed by atoms with E-state index in [0.29, 0.717) is 12.1 Å². The van der Waals surface area contributed by atoms with E-state index in [0.717, 1.165) is 13.0 Å². The minimum atomic E-state index is 0.586. The van der Waals surface area contributed by atoms with Crippen LogP contribution in [0.5, 0.6) is 0 Å². The molecular formula is C17H28N2S. The molecule has 0 saturated carbocycles. The van der Waals surface area contributed by atoms with Crippen LogP contribution in [-0.4, -0.2) is 36.6 Å². The molecule has 3 heteroatoms. The summed E-state index contributed by atoms with van der Waals surface area (Å²) in [5, 5.41) is 5.98. The predicted octanol–water partition coefficient (Wildman–Crippen LogP) is 3.70. The summed E-state index contributed by atoms with van der Waals surface area (Å²) in [7, 11) is 0. The molecule has 0 amide bonds. The van der Waals surface area contributed by atoms with Crippen molar-refractivity contribution >= 4 is 11.3 Å². The van der Waals surface area contributed by atoms with Crippen molar-refractivity contribution in [1.29, 1.82) is 0 Å². The molecule has 2 nitrogen and oxygen atoms in total. The second kappa shape index (κ2) is 7.96. The molecule has 0 radical (unpaired) electrons. The number of hydrogen-bond donors (Lipinski definition) is 1. The van der Waals surface area contributed by atoms with Gasteiger partial charge in [-0.15, -0.1) is 11.3 Å². The standard InChI is InChI=1S/C17H28N2S/c1-14(2)6-9-19-10-7-16(8-11-19)18-15(3)13-17-5-4-12-20-17/h4-6,12,15-16,18H,7-11,13H2,1-3H3. The van der Waals surface area contributed by atoms with Gasteiger partial charge in [-0.3, -0.25) is 4.90 Å². The number of hydrogen-bond acceptors (Lipinski definition) is 3. The van der Waals surface area contributed by atoms with Crippen molar-refractivity contribution < 1.29 is 0 Å². The van der Waals surface area contributed by atoms with Crippen molar-refractivity contribution in [1.82, 2.24) is 10.2 Å². The Kier molecular flexibility index (Phi) is 6.27. The molecule has 1 aromatic heterocycles. The van der Waals surface area contributed by atoms with E-state index in [1.54, 1.807) is 0 Å². The lowest BCUT2D eigenvalue weighted by molar-refractivity contribution is 0.208. The number of nitrogens with one attached hydrogen (secondary N) is 1. The van der Waals surface area contributed by atoms with Crippen molar-refractivity contribution in [2.75, 3.05) is 19.6 Å². The van der Waals surface area contributed by atoms with Crippen molar-refractivity contribution in [3.63, 3.8) is 0 Å². The number of allylic oxidation sites excluding steroid dienone is 1. The zero-order valence-electron chi connectivity index (χ0n) is 13.1. The van der Waals surface area contributed by atoms with E-state index in [9.17, 15) is 0 Å². The highest BCUT2D eigenvalue weighted by atomic mass is 32.1. The molecule has 2 rings (SSSR count). The lowest BCUT2D eigenvalue weighted by Crippen LogP contribution is -2.45. The molecule has 2 heterocycles. The summed E-state index contributed by atoms with van der Waals surface area (Å²) < 4.78 is 0. The first-order chi connectivity index (χ1) is 9.63. The number of piperidine rings is 1. The van der Waals surface area contributed by atoms with Crippen molar-refractivity contribution in [3.05, 3.63) is 34.0 Å². The van der Waals surface area contributed by atoms with Crippen molar-refractivity contribution in [2.24, 2.45) is 0 Å². The molecule has 1 aliphatic rings. The third-order valence-corrected chi connectivity index (χ3v) is 4.85. The van der Waals surface area contributed by atoms with Gasteiger partial charge in [-0.1, -0.05) is 17.7 Å². The Morgan fingerprint density at radius 2 is 2.20 bits per heavy atom. The van der Waals surface area contributed by atoms with Gasteiger partial charge in [-0.05, 0) is 64.6 Å². The first-order valence-corrected chi connectivity index (χ1v) is 8.65. The summed E-state index contributed by atoms with van der Waals surface area (Å²) in [6, 6.07) is 5.68. The Labute approximate surface area is 127 Å². The van der Waals surface area contributed by atoms with Gasteiger partial charge in [0.2, 0.25) is 0 Å². The normalized spacial score (nSPS) is 18.9. The van der Waals surface area contributed by atoms with Crippen LogP contribution in [0.2, 0.25) is 0 Å². The lowest BCUT2D eigenvalue weighted by Gasteiger charge is -2.33. The van der Waals surface area contributed by atoms with E-state index in [2.05, 4.69) is 54.6 Å². The van der Waals surface area contributed by atoms with E-state index < -0.39 is 0 Å². The summed E-state index contributed by atoms with van der Waals surface area (Å²) in [5.74, 6) is 0. The van der Waals surface area contributed by atoms with Gasteiger partial charge in [-0.25, -0.2) is 0 Å². The number of likely N-dealkylation sites (tertiary alicyclic amines) is 1. The quantitative estimate of drug-likeness (QED) is 0.804. The largest absolute Gasteiger partial charge is 0.311 e. The lowest BCUT2D eigenvalue weighted by atomic mass is 10.0. The SMILES string of the molecule is CC(C)=CCN1CCC(NC(C)Cc2cccs2)CC1. The van der Waals surface area contributed by atoms with Crippen LogP contribution in [0.4, 0.5) is 0 Å². The molecule has 1 aliphatic heterocycles. The Morgan fingerprint density at radius 1 is 1.45 bits per heavy atom. The number of rotatable bonds is 6. The van der Waals surface area contributed by atoms with Gasteiger partial charge in [0.15, 0.2) is 0 Å². The first kappa shape index (κ1) is 15.7. The minimum Gasteiger partial charge on any atom is -0.311 e. The summed E-state index contributed by atoms with van der Waals surface area (Å²) in [5.41, 5.74) is 1.43. The average Bonchev–Trinajstić information content (AvgIpc) is 2.90. The minimum absolute atomic E-state index is 0.586. The molecule has 1 atom stereocenters. The van der Waals surface area contributed by atoms with Crippen molar-refractivity contribution in [2.45, 2.75) is 52.1 Å². The van der Waals surface area contributed by atoms with Crippen LogP contribution >= 0.6 is 11.3 Å². The van der Waals surface area contributed by atoms with Crippen molar-refractivity contribution in [3.8, 4) is 0 Å². The maximum Gasteiger partial charge on any atom is 0.0165 e. The molecule has 112 valence electrons. The van der Waals surface area contributed by atoms with Gasteiger partial charge >= 0.3 is 0 Å². The Morgan fingerprint density at radius 3 is 2.80 bits per heavy atom. The summed E-state index contributed by atoms with van der Waals surface area (Å²) >= 11 is 1.87. The fraction of sp³-hybridized carbons (Fsp3) is 0.647. The molecule has 1 N–H and O–H groups in total. The van der Waals surface area contributed by atoms with Crippen LogP contribution in [-0.2, 0) is 6.42 Å². The van der Waals surface area contributed by atoms with Gasteiger partial charge in [0.05, 0.1) is 0 Å². The Bertz CT molecular complexity index is 399. The number of nitrogens with zero attached hydrogens (tertiary/aromatic N) is 1. The topological polar surface area (TPSA) is 15.3 Å². The number of thiophene rings is 1. The summed E-state index contributed by atoms with van der Waals surface area (Å²) in [4.78, 5) is 4.06. The highest BCUT2D eigenvalue weighted by Crippen LogP contribution is 2.14. The van der Waals surface area contributed by atoms with E-state index in [1.165, 1.54) is 36.4 Å². The maximum atomic E-state index is 3.81. The molecule has 20 heavy (non-hydrogen) atoms. The highest BCUT2D eigenvalue weighted by Gasteiger charge is 2.19. The molecule has 0 aliphatic carbocycles. The fourth-order valence-corrected chi connectivity index (χ4v) is 3.62. The molecule has 0 aromatic carbocycles. The Hall–Kier alpha value is -0.640. The maximum absolute atomic E-state index is 3.81. The third kappa shape index (κ3) is 5.39. The smallest absolute Gasteiger partial charge is 0.0165 e. The fourth-order valence-electron chi connectivity index (χ4n) is 2.79. The monoisotopic (exact) mass is 292 g/mol. The van der Waals surface area contributed by atoms with Crippen LogP contribution in [0.1, 0.15) is 38.5 Å². The molecule has 0 spiro atoms. The van der Waals surface area contributed by atoms with E-state index in [4.69, 9.17) is 0 Å². The van der Waals surface area contributed by atoms with Crippen LogP contribution in [0.15, 0.2) is 29.2 Å². The molecule has 1 saturated heterocycles.